The van der Waals surface area contributed by atoms with Gasteiger partial charge < -0.3 is 20.3 Å². The molecule has 0 radical (unpaired) electrons. The van der Waals surface area contributed by atoms with E-state index in [-0.39, 0.29) is 23.6 Å². The van der Waals surface area contributed by atoms with Crippen LogP contribution in [0.3, 0.4) is 0 Å². The summed E-state index contributed by atoms with van der Waals surface area (Å²) in [5, 5.41) is 5.61. The second-order valence-corrected chi connectivity index (χ2v) is 9.64. The van der Waals surface area contributed by atoms with Crippen LogP contribution >= 0.6 is 12.6 Å². The van der Waals surface area contributed by atoms with Gasteiger partial charge in [-0.3, -0.25) is 9.59 Å². The van der Waals surface area contributed by atoms with Crippen molar-refractivity contribution in [3.05, 3.63) is 42.0 Å². The molecule has 2 atom stereocenters. The maximum Gasteiger partial charge on any atom is 0.408 e. The highest BCUT2D eigenvalue weighted by Crippen LogP contribution is 2.36. The van der Waals surface area contributed by atoms with Crippen molar-refractivity contribution < 1.29 is 19.1 Å². The van der Waals surface area contributed by atoms with Gasteiger partial charge in [0, 0.05) is 18.3 Å². The molecule has 1 fully saturated rings. The minimum atomic E-state index is -0.919. The topological polar surface area (TPSA) is 87.7 Å². The monoisotopic (exact) mass is 475 g/mol. The first-order valence-electron chi connectivity index (χ1n) is 11.5. The Morgan fingerprint density at radius 2 is 2.00 bits per heavy atom. The molecule has 2 unspecified atom stereocenters. The molecule has 1 aromatic carbocycles. The van der Waals surface area contributed by atoms with Crippen molar-refractivity contribution in [2.45, 2.75) is 77.1 Å². The molecule has 1 aromatic rings. The molecule has 3 amide bonds. The minimum Gasteiger partial charge on any atom is -0.444 e. The third-order valence-corrected chi connectivity index (χ3v) is 5.55. The number of unbranched alkanes of at least 4 members (excludes halogenated alkanes) is 1. The van der Waals surface area contributed by atoms with E-state index >= 15 is 0 Å². The van der Waals surface area contributed by atoms with E-state index in [0.717, 1.165) is 31.2 Å². The first kappa shape index (κ1) is 26.8. The Morgan fingerprint density at radius 3 is 2.55 bits per heavy atom. The number of nitrogens with one attached hydrogen (secondary N) is 2. The summed E-state index contributed by atoms with van der Waals surface area (Å²) >= 11 is 4.30. The Bertz CT molecular complexity index is 848. The van der Waals surface area contributed by atoms with Crippen LogP contribution in [0.5, 0.6) is 0 Å². The average Bonchev–Trinajstić information content (AvgIpc) is 3.59. The number of carbonyl (C=O) groups excluding carboxylic acids is 3. The normalized spacial score (nSPS) is 15.2. The van der Waals surface area contributed by atoms with E-state index in [0.29, 0.717) is 12.1 Å². The summed E-state index contributed by atoms with van der Waals surface area (Å²) in [5.74, 6) is -0.504. The van der Waals surface area contributed by atoms with Gasteiger partial charge in [-0.15, -0.1) is 0 Å². The minimum absolute atomic E-state index is 0.0744. The van der Waals surface area contributed by atoms with E-state index in [1.165, 1.54) is 0 Å². The summed E-state index contributed by atoms with van der Waals surface area (Å²) in [4.78, 5) is 41.0. The molecule has 8 heteroatoms. The molecule has 7 nitrogen and oxygen atoms in total. The number of ether oxygens (including phenoxy) is 1. The Labute approximate surface area is 202 Å². The van der Waals surface area contributed by atoms with E-state index in [1.54, 1.807) is 31.7 Å². The SMILES string of the molecule is C=Cc1cccc(C(C(=O)NCCCC)N(C(=O)C(CS)NC(=O)OC(C)(C)C)C2CC2)c1. The maximum atomic E-state index is 13.7. The average molecular weight is 476 g/mol. The van der Waals surface area contributed by atoms with Gasteiger partial charge in [-0.1, -0.05) is 44.2 Å². The number of nitrogens with zero attached hydrogens (tertiary/aromatic N) is 1. The summed E-state index contributed by atoms with van der Waals surface area (Å²) in [7, 11) is 0. The van der Waals surface area contributed by atoms with Gasteiger partial charge in [0.05, 0.1) is 0 Å². The molecular weight excluding hydrogens is 438 g/mol. The lowest BCUT2D eigenvalue weighted by molar-refractivity contribution is -0.142. The van der Waals surface area contributed by atoms with Crippen LogP contribution in [0, 0.1) is 0 Å². The summed E-state index contributed by atoms with van der Waals surface area (Å²) < 4.78 is 5.32. The smallest absolute Gasteiger partial charge is 0.408 e. The van der Waals surface area contributed by atoms with Crippen LogP contribution in [0.15, 0.2) is 30.8 Å². The first-order chi connectivity index (χ1) is 15.6. The Kier molecular flexibility index (Phi) is 9.83. The zero-order valence-electron chi connectivity index (χ0n) is 20.1. The molecular formula is C25H37N3O4S. The molecule has 0 saturated heterocycles. The fourth-order valence-corrected chi connectivity index (χ4v) is 3.71. The fourth-order valence-electron chi connectivity index (χ4n) is 3.47. The highest BCUT2D eigenvalue weighted by molar-refractivity contribution is 7.80. The molecule has 0 aromatic heterocycles. The molecule has 1 aliphatic carbocycles. The van der Waals surface area contributed by atoms with Gasteiger partial charge in [0.25, 0.3) is 0 Å². The van der Waals surface area contributed by atoms with Gasteiger partial charge in [0.15, 0.2) is 0 Å². The maximum absolute atomic E-state index is 13.7. The number of thiol groups is 1. The van der Waals surface area contributed by atoms with Crippen LogP contribution in [-0.2, 0) is 14.3 Å². The van der Waals surface area contributed by atoms with E-state index in [1.807, 2.05) is 24.3 Å². The van der Waals surface area contributed by atoms with Crippen molar-refractivity contribution in [2.75, 3.05) is 12.3 Å². The number of benzene rings is 1. The third kappa shape index (κ3) is 8.11. The third-order valence-electron chi connectivity index (χ3n) is 5.18. The van der Waals surface area contributed by atoms with Crippen LogP contribution in [0.25, 0.3) is 6.08 Å². The fraction of sp³-hybridized carbons (Fsp3) is 0.560. The van der Waals surface area contributed by atoms with Crippen LogP contribution in [0.2, 0.25) is 0 Å². The van der Waals surface area contributed by atoms with Crippen molar-refractivity contribution >= 4 is 36.6 Å². The number of hydrogen-bond donors (Lipinski definition) is 3. The Balaban J connectivity index is 2.37. The number of hydrogen-bond acceptors (Lipinski definition) is 5. The van der Waals surface area contributed by atoms with Crippen molar-refractivity contribution in [1.29, 1.82) is 0 Å². The molecule has 0 heterocycles. The second kappa shape index (κ2) is 12.1. The van der Waals surface area contributed by atoms with E-state index < -0.39 is 23.8 Å². The predicted molar refractivity (Wildman–Crippen MR) is 134 cm³/mol. The van der Waals surface area contributed by atoms with Gasteiger partial charge in [-0.2, -0.15) is 12.6 Å². The number of carbonyl (C=O) groups is 3. The Morgan fingerprint density at radius 1 is 1.30 bits per heavy atom. The highest BCUT2D eigenvalue weighted by atomic mass is 32.1. The van der Waals surface area contributed by atoms with Crippen molar-refractivity contribution in [3.8, 4) is 0 Å². The van der Waals surface area contributed by atoms with Crippen molar-refractivity contribution in [2.24, 2.45) is 0 Å². The predicted octanol–water partition coefficient (Wildman–Crippen LogP) is 4.10. The van der Waals surface area contributed by atoms with E-state index in [2.05, 4.69) is 36.8 Å². The van der Waals surface area contributed by atoms with Crippen molar-refractivity contribution in [3.63, 3.8) is 0 Å². The number of amides is 3. The number of rotatable bonds is 11. The lowest BCUT2D eigenvalue weighted by atomic mass is 10.00. The standard InChI is InChI=1S/C25H37N3O4S/c1-6-8-14-26-22(29)21(18-11-9-10-17(7-2)15-18)28(19-12-13-19)23(30)20(16-33)27-24(31)32-25(3,4)5/h7,9-11,15,19-21,33H,2,6,8,12-14,16H2,1,3-5H3,(H,26,29)(H,27,31). The molecule has 182 valence electrons. The van der Waals surface area contributed by atoms with Crippen LogP contribution < -0.4 is 10.6 Å². The van der Waals surface area contributed by atoms with Gasteiger partial charge in [0.1, 0.15) is 17.7 Å². The second-order valence-electron chi connectivity index (χ2n) is 9.28. The van der Waals surface area contributed by atoms with Crippen molar-refractivity contribution in [1.82, 2.24) is 15.5 Å². The largest absolute Gasteiger partial charge is 0.444 e. The molecule has 0 spiro atoms. The van der Waals surface area contributed by atoms with Crippen LogP contribution in [0.4, 0.5) is 4.79 Å². The van der Waals surface area contributed by atoms with Crippen LogP contribution in [0.1, 0.15) is 70.5 Å². The van der Waals surface area contributed by atoms with Gasteiger partial charge in [0.2, 0.25) is 11.8 Å². The first-order valence-corrected chi connectivity index (χ1v) is 12.2. The summed E-state index contributed by atoms with van der Waals surface area (Å²) in [5.41, 5.74) is 0.869. The molecule has 0 aliphatic heterocycles. The lowest BCUT2D eigenvalue weighted by Crippen LogP contribution is -2.54. The zero-order chi connectivity index (χ0) is 24.6. The molecule has 1 aliphatic rings. The molecule has 0 bridgehead atoms. The summed E-state index contributed by atoms with van der Waals surface area (Å²) in [6, 6.07) is 5.65. The molecule has 2 rings (SSSR count). The Hall–Kier alpha value is -2.48. The summed E-state index contributed by atoms with van der Waals surface area (Å²) in [6.07, 6.45) is 4.42. The summed E-state index contributed by atoms with van der Waals surface area (Å²) in [6.45, 7) is 11.7. The van der Waals surface area contributed by atoms with Gasteiger partial charge in [-0.05, 0) is 57.2 Å². The molecule has 33 heavy (non-hydrogen) atoms. The van der Waals surface area contributed by atoms with Gasteiger partial charge >= 0.3 is 6.09 Å². The quantitative estimate of drug-likeness (QED) is 0.332. The molecule has 2 N–H and O–H groups in total. The lowest BCUT2D eigenvalue weighted by Gasteiger charge is -2.34. The molecule has 1 saturated carbocycles. The van der Waals surface area contributed by atoms with E-state index in [4.69, 9.17) is 4.74 Å². The van der Waals surface area contributed by atoms with Crippen LogP contribution in [-0.4, -0.2) is 52.8 Å². The highest BCUT2D eigenvalue weighted by Gasteiger charge is 2.43. The van der Waals surface area contributed by atoms with Gasteiger partial charge in [-0.25, -0.2) is 4.79 Å². The van der Waals surface area contributed by atoms with E-state index in [9.17, 15) is 14.4 Å². The zero-order valence-corrected chi connectivity index (χ0v) is 21.0. The number of alkyl carbamates (subject to hydrolysis) is 1.